The van der Waals surface area contributed by atoms with Gasteiger partial charge in [0.25, 0.3) is 0 Å². The minimum Gasteiger partial charge on any atom is -0.493 e. The van der Waals surface area contributed by atoms with E-state index in [0.717, 1.165) is 6.07 Å². The van der Waals surface area contributed by atoms with Gasteiger partial charge in [0.05, 0.1) is 35.6 Å². The number of benzene rings is 1. The minimum absolute atomic E-state index is 0.0189. The Morgan fingerprint density at radius 3 is 2.71 bits per heavy atom. The van der Waals surface area contributed by atoms with Crippen LogP contribution < -0.4 is 10.1 Å². The molecule has 8 heteroatoms. The highest BCUT2D eigenvalue weighted by Crippen LogP contribution is 2.38. The van der Waals surface area contributed by atoms with Gasteiger partial charge in [-0.2, -0.15) is 13.2 Å². The Balaban J connectivity index is 2.13. The fourth-order valence-corrected chi connectivity index (χ4v) is 2.51. The zero-order chi connectivity index (χ0) is 15.0. The second kappa shape index (κ2) is 5.49. The predicted octanol–water partition coefficient (Wildman–Crippen LogP) is 2.97. The Hall–Kier alpha value is -1.28. The van der Waals surface area contributed by atoms with E-state index in [0.29, 0.717) is 30.5 Å². The van der Waals surface area contributed by atoms with Gasteiger partial charge in [-0.05, 0) is 6.07 Å². The zero-order valence-corrected chi connectivity index (χ0v) is 12.5. The molecule has 2 heterocycles. The van der Waals surface area contributed by atoms with Crippen LogP contribution in [0.2, 0.25) is 0 Å². The van der Waals surface area contributed by atoms with Crippen molar-refractivity contribution in [1.29, 1.82) is 0 Å². The zero-order valence-electron chi connectivity index (χ0n) is 11.0. The lowest BCUT2D eigenvalue weighted by molar-refractivity contribution is -0.136. The normalized spacial score (nSPS) is 16.2. The number of rotatable bonds is 4. The summed E-state index contributed by atoms with van der Waals surface area (Å²) >= 11 is 3.18. The molecule has 1 saturated heterocycles. The molecule has 4 nitrogen and oxygen atoms in total. The van der Waals surface area contributed by atoms with Crippen molar-refractivity contribution in [2.45, 2.75) is 12.2 Å². The molecule has 1 aromatic carbocycles. The lowest BCUT2D eigenvalue weighted by atomic mass is 10.1. The molecular formula is C13H13BrF3N3O. The first-order chi connectivity index (χ1) is 10.0. The van der Waals surface area contributed by atoms with Gasteiger partial charge in [0.1, 0.15) is 5.75 Å². The largest absolute Gasteiger partial charge is 0.493 e. The number of hydrogen-bond acceptors (Lipinski definition) is 3. The number of nitrogens with one attached hydrogen (secondary N) is 1. The molecular weight excluding hydrogens is 351 g/mol. The van der Waals surface area contributed by atoms with Gasteiger partial charge in [-0.15, -0.1) is 0 Å². The van der Waals surface area contributed by atoms with E-state index in [-0.39, 0.29) is 17.3 Å². The molecule has 0 aliphatic carbocycles. The quantitative estimate of drug-likeness (QED) is 0.848. The monoisotopic (exact) mass is 363 g/mol. The number of fused-ring (bicyclic) bond motifs is 1. The van der Waals surface area contributed by atoms with Crippen LogP contribution in [-0.2, 0) is 6.18 Å². The van der Waals surface area contributed by atoms with Crippen LogP contribution in [0.5, 0.6) is 5.75 Å². The molecule has 1 fully saturated rings. The molecule has 1 aliphatic heterocycles. The van der Waals surface area contributed by atoms with E-state index < -0.39 is 11.7 Å². The van der Waals surface area contributed by atoms with Crippen molar-refractivity contribution in [3.05, 3.63) is 24.0 Å². The summed E-state index contributed by atoms with van der Waals surface area (Å²) < 4.78 is 46.9. The van der Waals surface area contributed by atoms with E-state index in [1.807, 2.05) is 0 Å². The average Bonchev–Trinajstić information content (AvgIpc) is 2.76. The highest BCUT2D eigenvalue weighted by molar-refractivity contribution is 9.09. The van der Waals surface area contributed by atoms with Crippen molar-refractivity contribution < 1.29 is 17.9 Å². The van der Waals surface area contributed by atoms with Crippen molar-refractivity contribution in [3.8, 4) is 5.75 Å². The lowest BCUT2D eigenvalue weighted by Crippen LogP contribution is -2.43. The summed E-state index contributed by atoms with van der Waals surface area (Å²) in [6.45, 7) is 1.62. The third kappa shape index (κ3) is 2.74. The molecule has 0 spiro atoms. The average molecular weight is 364 g/mol. The van der Waals surface area contributed by atoms with E-state index in [4.69, 9.17) is 4.74 Å². The van der Waals surface area contributed by atoms with Gasteiger partial charge in [-0.3, -0.25) is 0 Å². The maximum Gasteiger partial charge on any atom is 0.418 e. The third-order valence-corrected chi connectivity index (χ3v) is 3.77. The Labute approximate surface area is 127 Å². The van der Waals surface area contributed by atoms with Crippen LogP contribution in [0.25, 0.3) is 11.0 Å². The number of nitrogens with zero attached hydrogens (tertiary/aromatic N) is 2. The number of halogens is 4. The summed E-state index contributed by atoms with van der Waals surface area (Å²) in [4.78, 5) is 4.11. The molecule has 0 amide bonds. The molecule has 0 bridgehead atoms. The molecule has 0 saturated carbocycles. The fourth-order valence-electron chi connectivity index (χ4n) is 2.35. The second-order valence-corrected chi connectivity index (χ2v) is 5.63. The first-order valence-electron chi connectivity index (χ1n) is 6.48. The second-order valence-electron chi connectivity index (χ2n) is 4.84. The molecule has 0 unspecified atom stereocenters. The highest BCUT2D eigenvalue weighted by Gasteiger charge is 2.36. The third-order valence-electron chi connectivity index (χ3n) is 3.45. The van der Waals surface area contributed by atoms with Crippen LogP contribution in [0.4, 0.5) is 13.2 Å². The summed E-state index contributed by atoms with van der Waals surface area (Å²) in [6.07, 6.45) is -2.97. The molecule has 1 N–H and O–H groups in total. The number of aromatic nitrogens is 2. The highest BCUT2D eigenvalue weighted by atomic mass is 79.9. The molecule has 2 aromatic rings. The van der Waals surface area contributed by atoms with Gasteiger partial charge in [-0.1, -0.05) is 15.9 Å². The SMILES string of the molecule is FC(F)(F)c1cc(OCCBr)cc2ncn(C3CNC3)c12. The molecule has 0 atom stereocenters. The van der Waals surface area contributed by atoms with Gasteiger partial charge >= 0.3 is 6.18 Å². The first-order valence-corrected chi connectivity index (χ1v) is 7.60. The summed E-state index contributed by atoms with van der Waals surface area (Å²) in [5.74, 6) is 0.186. The lowest BCUT2D eigenvalue weighted by Gasteiger charge is -2.29. The summed E-state index contributed by atoms with van der Waals surface area (Å²) in [6, 6.07) is 2.62. The smallest absolute Gasteiger partial charge is 0.418 e. The Bertz CT molecular complexity index is 652. The number of imidazole rings is 1. The van der Waals surface area contributed by atoms with Crippen LogP contribution in [0.3, 0.4) is 0 Å². The van der Waals surface area contributed by atoms with Crippen LogP contribution in [-0.4, -0.2) is 34.6 Å². The Morgan fingerprint density at radius 2 is 2.14 bits per heavy atom. The fraction of sp³-hybridized carbons (Fsp3) is 0.462. The molecule has 114 valence electrons. The van der Waals surface area contributed by atoms with Gasteiger partial charge < -0.3 is 14.6 Å². The first kappa shape index (κ1) is 14.6. The standard InChI is InChI=1S/C13H13BrF3N3O/c14-1-2-21-9-3-10(13(15,16)17)12-11(4-9)19-7-20(12)8-5-18-6-8/h3-4,7-8,18H,1-2,5-6H2. The van der Waals surface area contributed by atoms with Crippen molar-refractivity contribution in [2.24, 2.45) is 0 Å². The predicted molar refractivity (Wildman–Crippen MR) is 75.9 cm³/mol. The van der Waals surface area contributed by atoms with E-state index in [1.54, 1.807) is 10.6 Å². The summed E-state index contributed by atoms with van der Waals surface area (Å²) in [7, 11) is 0. The van der Waals surface area contributed by atoms with Crippen molar-refractivity contribution in [1.82, 2.24) is 14.9 Å². The topological polar surface area (TPSA) is 39.1 Å². The Kier molecular flexibility index (Phi) is 3.83. The van der Waals surface area contributed by atoms with E-state index >= 15 is 0 Å². The van der Waals surface area contributed by atoms with Crippen LogP contribution in [0.15, 0.2) is 18.5 Å². The maximum absolute atomic E-state index is 13.3. The summed E-state index contributed by atoms with van der Waals surface area (Å²) in [5.41, 5.74) is -0.268. The van der Waals surface area contributed by atoms with Gasteiger partial charge in [-0.25, -0.2) is 4.98 Å². The molecule has 1 aliphatic rings. The molecule has 0 radical (unpaired) electrons. The van der Waals surface area contributed by atoms with Gasteiger partial charge in [0, 0.05) is 24.5 Å². The molecule has 21 heavy (non-hydrogen) atoms. The van der Waals surface area contributed by atoms with Crippen molar-refractivity contribution >= 4 is 27.0 Å². The molecule has 1 aromatic heterocycles. The van der Waals surface area contributed by atoms with Crippen LogP contribution >= 0.6 is 15.9 Å². The van der Waals surface area contributed by atoms with Crippen molar-refractivity contribution in [2.75, 3.05) is 25.0 Å². The number of alkyl halides is 4. The van der Waals surface area contributed by atoms with E-state index in [9.17, 15) is 13.2 Å². The van der Waals surface area contributed by atoms with E-state index in [1.165, 1.54) is 6.33 Å². The summed E-state index contributed by atoms with van der Waals surface area (Å²) in [5, 5.41) is 3.60. The van der Waals surface area contributed by atoms with E-state index in [2.05, 4.69) is 26.2 Å². The van der Waals surface area contributed by atoms with Crippen molar-refractivity contribution in [3.63, 3.8) is 0 Å². The maximum atomic E-state index is 13.3. The van der Waals surface area contributed by atoms with Gasteiger partial charge in [0.2, 0.25) is 0 Å². The Morgan fingerprint density at radius 1 is 1.38 bits per heavy atom. The van der Waals surface area contributed by atoms with Crippen LogP contribution in [0.1, 0.15) is 11.6 Å². The molecule has 3 rings (SSSR count). The minimum atomic E-state index is -4.44. The number of hydrogen-bond donors (Lipinski definition) is 1. The number of ether oxygens (including phenoxy) is 1. The van der Waals surface area contributed by atoms with Crippen LogP contribution in [0, 0.1) is 0 Å². The van der Waals surface area contributed by atoms with Gasteiger partial charge in [0.15, 0.2) is 0 Å².